The normalized spacial score (nSPS) is 10.4. The van der Waals surface area contributed by atoms with Gasteiger partial charge in [-0.1, -0.05) is 0 Å². The molecule has 1 aromatic carbocycles. The minimum atomic E-state index is -0.865. The highest BCUT2D eigenvalue weighted by Gasteiger charge is 2.23. The van der Waals surface area contributed by atoms with Gasteiger partial charge in [0, 0.05) is 14.1 Å². The highest BCUT2D eigenvalue weighted by molar-refractivity contribution is 6.02. The lowest BCUT2D eigenvalue weighted by atomic mass is 10.2. The van der Waals surface area contributed by atoms with Gasteiger partial charge in [-0.2, -0.15) is 0 Å². The largest absolute Gasteiger partial charge is 0.497 e. The number of Topliss-reactive ketones (excluding diaryl/α,β-unsaturated/α-hetero) is 1. The number of carbonyl (C=O) groups excluding carboxylic acids is 2. The van der Waals surface area contributed by atoms with Crippen LogP contribution in [0.25, 0.3) is 0 Å². The van der Waals surface area contributed by atoms with Crippen LogP contribution in [-0.4, -0.2) is 41.7 Å². The molecule has 10 heteroatoms. The van der Waals surface area contributed by atoms with Gasteiger partial charge in [-0.15, -0.1) is 0 Å². The Labute approximate surface area is 153 Å². The van der Waals surface area contributed by atoms with E-state index in [1.165, 1.54) is 40.4 Å². The summed E-state index contributed by atoms with van der Waals surface area (Å²) in [4.78, 5) is 48.6. The molecule has 0 radical (unpaired) electrons. The van der Waals surface area contributed by atoms with Gasteiger partial charge in [0.2, 0.25) is 5.78 Å². The van der Waals surface area contributed by atoms with Gasteiger partial charge in [-0.25, -0.2) is 9.59 Å². The first-order valence-electron chi connectivity index (χ1n) is 7.70. The molecule has 2 aromatic rings. The number of ketones is 1. The fourth-order valence-electron chi connectivity index (χ4n) is 2.38. The van der Waals surface area contributed by atoms with Crippen LogP contribution in [0.2, 0.25) is 0 Å². The summed E-state index contributed by atoms with van der Waals surface area (Å²) in [5.74, 6) is -1.36. The monoisotopic (exact) mass is 377 g/mol. The number of hydrogen-bond acceptors (Lipinski definition) is 8. The quantitative estimate of drug-likeness (QED) is 0.537. The van der Waals surface area contributed by atoms with Crippen LogP contribution in [0.15, 0.2) is 27.8 Å². The molecule has 0 unspecified atom stereocenters. The standard InChI is InChI=1S/C17H19N3O7/c1-19-14(18)13(15(22)20(2)17(19)24)11(21)8-27-16(23)10-7-9(25-3)5-6-12(10)26-4/h5-7H,8,18H2,1-4H3. The van der Waals surface area contributed by atoms with Crippen molar-refractivity contribution in [1.29, 1.82) is 0 Å². The van der Waals surface area contributed by atoms with Crippen molar-refractivity contribution >= 4 is 17.6 Å². The van der Waals surface area contributed by atoms with E-state index in [-0.39, 0.29) is 17.1 Å². The van der Waals surface area contributed by atoms with Gasteiger partial charge in [0.05, 0.1) is 14.2 Å². The third-order valence-electron chi connectivity index (χ3n) is 3.95. The minimum absolute atomic E-state index is 0.0472. The Morgan fingerprint density at radius 1 is 1.07 bits per heavy atom. The number of nitrogens with zero attached hydrogens (tertiary/aromatic N) is 2. The number of rotatable bonds is 6. The summed E-state index contributed by atoms with van der Waals surface area (Å²) in [6.07, 6.45) is 0. The smallest absolute Gasteiger partial charge is 0.342 e. The van der Waals surface area contributed by atoms with E-state index in [0.717, 1.165) is 9.13 Å². The van der Waals surface area contributed by atoms with Crippen molar-refractivity contribution in [3.63, 3.8) is 0 Å². The molecule has 0 spiro atoms. The van der Waals surface area contributed by atoms with Crippen molar-refractivity contribution in [2.45, 2.75) is 0 Å². The summed E-state index contributed by atoms with van der Waals surface area (Å²) in [5, 5.41) is 0. The maximum atomic E-state index is 12.4. The summed E-state index contributed by atoms with van der Waals surface area (Å²) < 4.78 is 16.8. The number of ether oxygens (including phenoxy) is 3. The average molecular weight is 377 g/mol. The van der Waals surface area contributed by atoms with Crippen molar-refractivity contribution in [1.82, 2.24) is 9.13 Å². The Hall–Kier alpha value is -3.56. The fraction of sp³-hybridized carbons (Fsp3) is 0.294. The van der Waals surface area contributed by atoms with Crippen molar-refractivity contribution in [3.05, 3.63) is 50.2 Å². The zero-order valence-corrected chi connectivity index (χ0v) is 15.3. The molecular formula is C17H19N3O7. The molecule has 0 aliphatic rings. The number of benzene rings is 1. The van der Waals surface area contributed by atoms with Gasteiger partial charge < -0.3 is 19.9 Å². The second-order valence-corrected chi connectivity index (χ2v) is 5.53. The summed E-state index contributed by atoms with van der Waals surface area (Å²) in [5.41, 5.74) is 3.79. The van der Waals surface area contributed by atoms with Gasteiger partial charge in [0.15, 0.2) is 6.61 Å². The van der Waals surface area contributed by atoms with Crippen LogP contribution in [-0.2, 0) is 18.8 Å². The molecule has 0 amide bonds. The Morgan fingerprint density at radius 2 is 1.74 bits per heavy atom. The SMILES string of the molecule is COc1ccc(OC)c(C(=O)OCC(=O)c2c(N)n(C)c(=O)n(C)c2=O)c1. The Kier molecular flexibility index (Phi) is 5.69. The van der Waals surface area contributed by atoms with Gasteiger partial charge in [-0.3, -0.25) is 18.7 Å². The summed E-state index contributed by atoms with van der Waals surface area (Å²) >= 11 is 0. The number of aromatic nitrogens is 2. The first kappa shape index (κ1) is 19.8. The van der Waals surface area contributed by atoms with Crippen LogP contribution in [0, 0.1) is 0 Å². The third-order valence-corrected chi connectivity index (χ3v) is 3.95. The lowest BCUT2D eigenvalue weighted by molar-refractivity contribution is 0.0470. The Morgan fingerprint density at radius 3 is 2.33 bits per heavy atom. The molecule has 0 aliphatic heterocycles. The first-order chi connectivity index (χ1) is 12.7. The van der Waals surface area contributed by atoms with Gasteiger partial charge in [0.25, 0.3) is 5.56 Å². The van der Waals surface area contributed by atoms with E-state index in [1.54, 1.807) is 6.07 Å². The summed E-state index contributed by atoms with van der Waals surface area (Å²) in [7, 11) is 5.34. The molecular weight excluding hydrogens is 358 g/mol. The average Bonchev–Trinajstić information content (AvgIpc) is 2.68. The van der Waals surface area contributed by atoms with E-state index >= 15 is 0 Å². The number of hydrogen-bond donors (Lipinski definition) is 1. The van der Waals surface area contributed by atoms with Crippen molar-refractivity contribution in [2.75, 3.05) is 26.6 Å². The molecule has 1 aromatic heterocycles. The topological polar surface area (TPSA) is 132 Å². The van der Waals surface area contributed by atoms with Gasteiger partial charge in [0.1, 0.15) is 28.4 Å². The van der Waals surface area contributed by atoms with E-state index in [4.69, 9.17) is 19.9 Å². The van der Waals surface area contributed by atoms with E-state index in [9.17, 15) is 19.2 Å². The molecule has 144 valence electrons. The van der Waals surface area contributed by atoms with Crippen LogP contribution in [0.4, 0.5) is 5.82 Å². The van der Waals surface area contributed by atoms with E-state index < -0.39 is 35.2 Å². The number of nitrogens with two attached hydrogens (primary N) is 1. The molecule has 0 atom stereocenters. The Bertz CT molecular complexity index is 1020. The molecule has 0 aliphatic carbocycles. The molecule has 0 bridgehead atoms. The second kappa shape index (κ2) is 7.77. The number of esters is 1. The lowest BCUT2D eigenvalue weighted by Gasteiger charge is -2.12. The fourth-order valence-corrected chi connectivity index (χ4v) is 2.38. The molecule has 1 heterocycles. The number of methoxy groups -OCH3 is 2. The molecule has 27 heavy (non-hydrogen) atoms. The highest BCUT2D eigenvalue weighted by atomic mass is 16.5. The summed E-state index contributed by atoms with van der Waals surface area (Å²) in [6.45, 7) is -0.739. The third kappa shape index (κ3) is 3.68. The molecule has 0 saturated heterocycles. The van der Waals surface area contributed by atoms with Crippen LogP contribution < -0.4 is 26.5 Å². The lowest BCUT2D eigenvalue weighted by Crippen LogP contribution is -2.42. The van der Waals surface area contributed by atoms with Crippen LogP contribution in [0.5, 0.6) is 11.5 Å². The van der Waals surface area contributed by atoms with E-state index in [0.29, 0.717) is 5.75 Å². The molecule has 10 nitrogen and oxygen atoms in total. The summed E-state index contributed by atoms with van der Waals surface area (Å²) in [6, 6.07) is 4.50. The Balaban J connectivity index is 2.28. The highest BCUT2D eigenvalue weighted by Crippen LogP contribution is 2.24. The van der Waals surface area contributed by atoms with E-state index in [2.05, 4.69) is 0 Å². The molecule has 0 fully saturated rings. The van der Waals surface area contributed by atoms with E-state index in [1.807, 2.05) is 0 Å². The number of carbonyl (C=O) groups is 2. The van der Waals surface area contributed by atoms with Crippen molar-refractivity contribution in [3.8, 4) is 11.5 Å². The first-order valence-corrected chi connectivity index (χ1v) is 7.70. The predicted molar refractivity (Wildman–Crippen MR) is 95.5 cm³/mol. The van der Waals surface area contributed by atoms with Crippen molar-refractivity contribution in [2.24, 2.45) is 14.1 Å². The predicted octanol–water partition coefficient (Wildman–Crippen LogP) is -0.277. The zero-order valence-electron chi connectivity index (χ0n) is 15.3. The number of nitrogen functional groups attached to an aromatic ring is 1. The maximum absolute atomic E-state index is 12.4. The van der Waals surface area contributed by atoms with Crippen LogP contribution in [0.1, 0.15) is 20.7 Å². The van der Waals surface area contributed by atoms with Crippen LogP contribution in [0.3, 0.4) is 0 Å². The van der Waals surface area contributed by atoms with Crippen LogP contribution >= 0.6 is 0 Å². The minimum Gasteiger partial charge on any atom is -0.497 e. The zero-order chi connectivity index (χ0) is 20.3. The van der Waals surface area contributed by atoms with Gasteiger partial charge >= 0.3 is 11.7 Å². The van der Waals surface area contributed by atoms with Crippen molar-refractivity contribution < 1.29 is 23.8 Å². The second-order valence-electron chi connectivity index (χ2n) is 5.53. The molecule has 0 saturated carbocycles. The van der Waals surface area contributed by atoms with Gasteiger partial charge in [-0.05, 0) is 18.2 Å². The molecule has 2 rings (SSSR count). The molecule has 2 N–H and O–H groups in total. The maximum Gasteiger partial charge on any atom is 0.342 e. The number of anilines is 1.